The second-order valence-electron chi connectivity index (χ2n) is 4.71. The Kier molecular flexibility index (Phi) is 2.40. The van der Waals surface area contributed by atoms with Gasteiger partial charge in [0.1, 0.15) is 11.3 Å². The van der Waals surface area contributed by atoms with E-state index in [1.807, 2.05) is 12.1 Å². The van der Waals surface area contributed by atoms with Crippen LogP contribution in [0.15, 0.2) is 24.5 Å². The van der Waals surface area contributed by atoms with Crippen LogP contribution in [-0.2, 0) is 0 Å². The Balaban J connectivity index is 1.90. The Bertz CT molecular complexity index is 533. The molecule has 0 amide bonds. The van der Waals surface area contributed by atoms with E-state index >= 15 is 0 Å². The SMILES string of the molecule is CC1(Nc2ccc3nccnc3n2)CCNC1. The van der Waals surface area contributed by atoms with Crippen molar-refractivity contribution in [2.45, 2.75) is 18.9 Å². The van der Waals surface area contributed by atoms with E-state index in [1.165, 1.54) is 0 Å². The minimum absolute atomic E-state index is 0.0862. The lowest BCUT2D eigenvalue weighted by molar-refractivity contribution is 0.564. The summed E-state index contributed by atoms with van der Waals surface area (Å²) in [6, 6.07) is 3.91. The highest BCUT2D eigenvalue weighted by molar-refractivity contribution is 5.71. The minimum atomic E-state index is 0.0862. The van der Waals surface area contributed by atoms with Gasteiger partial charge in [0, 0.05) is 24.5 Å². The molecule has 17 heavy (non-hydrogen) atoms. The first-order chi connectivity index (χ1) is 8.25. The number of hydrogen-bond acceptors (Lipinski definition) is 5. The molecule has 5 heteroatoms. The van der Waals surface area contributed by atoms with Gasteiger partial charge in [-0.25, -0.2) is 9.97 Å². The highest BCUT2D eigenvalue weighted by Gasteiger charge is 2.28. The fourth-order valence-corrected chi connectivity index (χ4v) is 2.16. The van der Waals surface area contributed by atoms with Gasteiger partial charge in [-0.1, -0.05) is 0 Å². The van der Waals surface area contributed by atoms with Crippen molar-refractivity contribution in [3.8, 4) is 0 Å². The van der Waals surface area contributed by atoms with Crippen LogP contribution in [0.1, 0.15) is 13.3 Å². The molecular weight excluding hydrogens is 214 g/mol. The van der Waals surface area contributed by atoms with Crippen LogP contribution in [0, 0.1) is 0 Å². The normalized spacial score (nSPS) is 24.1. The third-order valence-corrected chi connectivity index (χ3v) is 3.13. The highest BCUT2D eigenvalue weighted by Crippen LogP contribution is 2.20. The second kappa shape index (κ2) is 3.92. The molecule has 0 aliphatic carbocycles. The summed E-state index contributed by atoms with van der Waals surface area (Å²) in [5.41, 5.74) is 1.60. The molecule has 3 rings (SSSR count). The molecule has 2 aromatic heterocycles. The predicted octanol–water partition coefficient (Wildman–Crippen LogP) is 1.19. The van der Waals surface area contributed by atoms with E-state index in [2.05, 4.69) is 32.5 Å². The minimum Gasteiger partial charge on any atom is -0.364 e. The zero-order valence-electron chi connectivity index (χ0n) is 9.77. The number of nitrogens with one attached hydrogen (secondary N) is 2. The topological polar surface area (TPSA) is 62.7 Å². The van der Waals surface area contributed by atoms with Gasteiger partial charge in [0.25, 0.3) is 0 Å². The largest absolute Gasteiger partial charge is 0.364 e. The van der Waals surface area contributed by atoms with E-state index in [0.29, 0.717) is 5.65 Å². The van der Waals surface area contributed by atoms with E-state index in [1.54, 1.807) is 12.4 Å². The number of nitrogens with zero attached hydrogens (tertiary/aromatic N) is 3. The zero-order chi connectivity index (χ0) is 11.7. The maximum absolute atomic E-state index is 4.47. The smallest absolute Gasteiger partial charge is 0.180 e. The van der Waals surface area contributed by atoms with Crippen LogP contribution in [0.2, 0.25) is 0 Å². The summed E-state index contributed by atoms with van der Waals surface area (Å²) in [4.78, 5) is 12.9. The Morgan fingerprint density at radius 2 is 2.18 bits per heavy atom. The zero-order valence-corrected chi connectivity index (χ0v) is 9.77. The number of rotatable bonds is 2. The van der Waals surface area contributed by atoms with Gasteiger partial charge in [0.2, 0.25) is 0 Å². The lowest BCUT2D eigenvalue weighted by atomic mass is 10.0. The molecule has 2 aromatic rings. The van der Waals surface area contributed by atoms with Gasteiger partial charge in [-0.05, 0) is 32.0 Å². The molecule has 1 aliphatic rings. The van der Waals surface area contributed by atoms with E-state index in [9.17, 15) is 0 Å². The Morgan fingerprint density at radius 3 is 3.00 bits per heavy atom. The Hall–Kier alpha value is -1.75. The van der Waals surface area contributed by atoms with Gasteiger partial charge >= 0.3 is 0 Å². The van der Waals surface area contributed by atoms with Crippen LogP contribution in [0.25, 0.3) is 11.2 Å². The number of fused-ring (bicyclic) bond motifs is 1. The maximum atomic E-state index is 4.47. The quantitative estimate of drug-likeness (QED) is 0.810. The molecule has 0 radical (unpaired) electrons. The van der Waals surface area contributed by atoms with Crippen LogP contribution in [0.4, 0.5) is 5.82 Å². The second-order valence-corrected chi connectivity index (χ2v) is 4.71. The van der Waals surface area contributed by atoms with Gasteiger partial charge in [-0.15, -0.1) is 0 Å². The summed E-state index contributed by atoms with van der Waals surface area (Å²) in [6.07, 6.45) is 4.45. The summed E-state index contributed by atoms with van der Waals surface area (Å²) >= 11 is 0. The molecule has 5 nitrogen and oxygen atoms in total. The third kappa shape index (κ3) is 2.06. The molecule has 2 N–H and O–H groups in total. The van der Waals surface area contributed by atoms with E-state index < -0.39 is 0 Å². The fourth-order valence-electron chi connectivity index (χ4n) is 2.16. The van der Waals surface area contributed by atoms with Gasteiger partial charge in [0.15, 0.2) is 5.65 Å². The molecule has 0 spiro atoms. The monoisotopic (exact) mass is 229 g/mol. The molecule has 1 aliphatic heterocycles. The first-order valence-electron chi connectivity index (χ1n) is 5.82. The van der Waals surface area contributed by atoms with Crippen LogP contribution in [0.3, 0.4) is 0 Å². The van der Waals surface area contributed by atoms with Crippen molar-refractivity contribution in [3.05, 3.63) is 24.5 Å². The molecule has 1 saturated heterocycles. The van der Waals surface area contributed by atoms with Gasteiger partial charge in [-0.2, -0.15) is 0 Å². The molecule has 88 valence electrons. The Labute approximate surface area is 99.7 Å². The average Bonchev–Trinajstić information content (AvgIpc) is 2.76. The fraction of sp³-hybridized carbons (Fsp3) is 0.417. The molecule has 1 fully saturated rings. The number of anilines is 1. The molecule has 1 unspecified atom stereocenters. The van der Waals surface area contributed by atoms with Crippen molar-refractivity contribution >= 4 is 17.0 Å². The van der Waals surface area contributed by atoms with E-state index in [0.717, 1.165) is 30.8 Å². The lowest BCUT2D eigenvalue weighted by Gasteiger charge is -2.25. The Morgan fingerprint density at radius 1 is 1.29 bits per heavy atom. The van der Waals surface area contributed by atoms with Gasteiger partial charge in [-0.3, -0.25) is 4.98 Å². The van der Waals surface area contributed by atoms with Crippen LogP contribution >= 0.6 is 0 Å². The summed E-state index contributed by atoms with van der Waals surface area (Å²) in [5.74, 6) is 0.865. The van der Waals surface area contributed by atoms with E-state index in [-0.39, 0.29) is 5.54 Å². The predicted molar refractivity (Wildman–Crippen MR) is 66.8 cm³/mol. The van der Waals surface area contributed by atoms with Crippen LogP contribution < -0.4 is 10.6 Å². The molecule has 0 saturated carbocycles. The van der Waals surface area contributed by atoms with Crippen LogP contribution in [0.5, 0.6) is 0 Å². The standard InChI is InChI=1S/C12H15N5/c1-12(4-5-13-8-12)17-10-3-2-9-11(16-10)15-7-6-14-9/h2-3,6-7,13H,4-5,8H2,1H3,(H,15,16,17). The average molecular weight is 229 g/mol. The van der Waals surface area contributed by atoms with Gasteiger partial charge < -0.3 is 10.6 Å². The third-order valence-electron chi connectivity index (χ3n) is 3.13. The van der Waals surface area contributed by atoms with Crippen molar-refractivity contribution in [2.75, 3.05) is 18.4 Å². The summed E-state index contributed by atoms with van der Waals surface area (Å²) in [6.45, 7) is 4.22. The maximum Gasteiger partial charge on any atom is 0.180 e. The molecule has 0 aromatic carbocycles. The van der Waals surface area contributed by atoms with Crippen molar-refractivity contribution in [3.63, 3.8) is 0 Å². The molecule has 0 bridgehead atoms. The molecular formula is C12H15N5. The summed E-state index contributed by atoms with van der Waals surface area (Å²) in [7, 11) is 0. The first kappa shape index (κ1) is 10.4. The van der Waals surface area contributed by atoms with Crippen molar-refractivity contribution in [1.29, 1.82) is 0 Å². The van der Waals surface area contributed by atoms with Crippen molar-refractivity contribution in [2.24, 2.45) is 0 Å². The summed E-state index contributed by atoms with van der Waals surface area (Å²) in [5, 5.41) is 6.82. The molecule has 1 atom stereocenters. The number of aromatic nitrogens is 3. The van der Waals surface area contributed by atoms with Crippen molar-refractivity contribution in [1.82, 2.24) is 20.3 Å². The van der Waals surface area contributed by atoms with Gasteiger partial charge in [0.05, 0.1) is 0 Å². The highest BCUT2D eigenvalue weighted by atomic mass is 15.1. The van der Waals surface area contributed by atoms with Crippen LogP contribution in [-0.4, -0.2) is 33.6 Å². The number of hydrogen-bond donors (Lipinski definition) is 2. The number of pyridine rings is 1. The van der Waals surface area contributed by atoms with Crippen molar-refractivity contribution < 1.29 is 0 Å². The van der Waals surface area contributed by atoms with E-state index in [4.69, 9.17) is 0 Å². The summed E-state index contributed by atoms with van der Waals surface area (Å²) < 4.78 is 0. The first-order valence-corrected chi connectivity index (χ1v) is 5.82. The molecule has 3 heterocycles. The lowest BCUT2D eigenvalue weighted by Crippen LogP contribution is -2.37.